The van der Waals surface area contributed by atoms with Crippen molar-refractivity contribution in [3.05, 3.63) is 88.5 Å². The average Bonchev–Trinajstić information content (AvgIpc) is 4.03. The largest absolute Gasteiger partial charge is 0.492 e. The van der Waals surface area contributed by atoms with Crippen LogP contribution in [0.1, 0.15) is 73.3 Å². The van der Waals surface area contributed by atoms with Crippen molar-refractivity contribution in [3.63, 3.8) is 0 Å². The molecule has 0 radical (unpaired) electrons. The number of benzene rings is 3. The number of ether oxygens (including phenoxy) is 1. The van der Waals surface area contributed by atoms with Crippen LogP contribution in [0.5, 0.6) is 5.75 Å². The SMILES string of the molecule is CC1(C)C(=O)N(c2ccc(C#N)c(C(F)(F)F)c2)C(=S)N1c1ccc(OCCN2CCN(CC(=O)Cc3cccc(CC4CCC(=O)NC4=O)c3)[C@H](C(F)(F)F)C2)c(C2CC2)c1. The molecule has 3 amide bonds. The number of amides is 3. The molecule has 4 aliphatic rings. The van der Waals surface area contributed by atoms with Crippen molar-refractivity contribution in [2.24, 2.45) is 5.92 Å². The summed E-state index contributed by atoms with van der Waals surface area (Å²) in [6.07, 6.45) is -6.76. The average molecular weight is 883 g/mol. The zero-order chi connectivity index (χ0) is 44.7. The third-order valence-corrected chi connectivity index (χ3v) is 12.2. The second-order valence-corrected chi connectivity index (χ2v) is 17.1. The molecule has 328 valence electrons. The van der Waals surface area contributed by atoms with E-state index in [2.05, 4.69) is 5.32 Å². The molecule has 4 fully saturated rings. The number of carbonyl (C=O) groups is 4. The second kappa shape index (κ2) is 17.4. The van der Waals surface area contributed by atoms with Crippen LogP contribution >= 0.6 is 12.2 Å². The summed E-state index contributed by atoms with van der Waals surface area (Å²) in [5.74, 6) is -1.34. The van der Waals surface area contributed by atoms with Crippen LogP contribution < -0.4 is 19.9 Å². The summed E-state index contributed by atoms with van der Waals surface area (Å²) in [6.45, 7) is 3.00. The van der Waals surface area contributed by atoms with Gasteiger partial charge in [-0.25, -0.2) is 0 Å². The molecule has 3 aliphatic heterocycles. The number of alkyl halides is 6. The van der Waals surface area contributed by atoms with Gasteiger partial charge >= 0.3 is 12.4 Å². The van der Waals surface area contributed by atoms with E-state index in [4.69, 9.17) is 17.0 Å². The Bertz CT molecular complexity index is 2330. The molecule has 0 spiro atoms. The Morgan fingerprint density at radius 2 is 1.68 bits per heavy atom. The van der Waals surface area contributed by atoms with Gasteiger partial charge in [-0.05, 0) is 111 Å². The molecule has 7 rings (SSSR count). The monoisotopic (exact) mass is 882 g/mol. The predicted molar refractivity (Wildman–Crippen MR) is 219 cm³/mol. The summed E-state index contributed by atoms with van der Waals surface area (Å²) < 4.78 is 91.0. The fraction of sp³-hybridized carbons (Fsp3) is 0.455. The maximum Gasteiger partial charge on any atom is 0.417 e. The van der Waals surface area contributed by atoms with Crippen LogP contribution in [0, 0.1) is 17.2 Å². The Balaban J connectivity index is 0.970. The van der Waals surface area contributed by atoms with Crippen LogP contribution in [0.3, 0.4) is 0 Å². The van der Waals surface area contributed by atoms with Crippen molar-refractivity contribution < 1.29 is 50.3 Å². The lowest BCUT2D eigenvalue weighted by Crippen LogP contribution is -2.60. The molecule has 18 heteroatoms. The minimum absolute atomic E-state index is 0.00867. The first-order valence-electron chi connectivity index (χ1n) is 20.3. The van der Waals surface area contributed by atoms with Gasteiger partial charge in [-0.3, -0.25) is 39.2 Å². The number of hydrogen-bond donors (Lipinski definition) is 1. The Hall–Kier alpha value is -5.38. The lowest BCUT2D eigenvalue weighted by molar-refractivity contribution is -0.197. The molecule has 3 aromatic carbocycles. The number of halogens is 6. The number of Topliss-reactive ketones (excluding diaryl/α,β-unsaturated/α-hetero) is 1. The molecule has 1 N–H and O–H groups in total. The molecule has 3 saturated heterocycles. The quantitative estimate of drug-likeness (QED) is 0.113. The summed E-state index contributed by atoms with van der Waals surface area (Å²) >= 11 is 5.71. The fourth-order valence-electron chi connectivity index (χ4n) is 8.44. The molecule has 0 bridgehead atoms. The summed E-state index contributed by atoms with van der Waals surface area (Å²) in [5, 5.41) is 11.5. The predicted octanol–water partition coefficient (Wildman–Crippen LogP) is 6.71. The first-order valence-corrected chi connectivity index (χ1v) is 20.7. The fourth-order valence-corrected chi connectivity index (χ4v) is 8.96. The van der Waals surface area contributed by atoms with Crippen molar-refractivity contribution >= 4 is 52.2 Å². The van der Waals surface area contributed by atoms with Gasteiger partial charge in [0.15, 0.2) is 10.9 Å². The number of hydrogen-bond acceptors (Lipinski definition) is 9. The van der Waals surface area contributed by atoms with E-state index in [-0.39, 0.29) is 92.4 Å². The van der Waals surface area contributed by atoms with Crippen molar-refractivity contribution in [2.75, 3.05) is 49.1 Å². The highest BCUT2D eigenvalue weighted by Crippen LogP contribution is 2.47. The zero-order valence-corrected chi connectivity index (χ0v) is 34.8. The molecule has 0 aromatic heterocycles. The van der Waals surface area contributed by atoms with Gasteiger partial charge in [-0.1, -0.05) is 24.3 Å². The molecule has 1 unspecified atom stereocenters. The summed E-state index contributed by atoms with van der Waals surface area (Å²) in [7, 11) is 0. The van der Waals surface area contributed by atoms with E-state index in [0.717, 1.165) is 41.0 Å². The number of carbonyl (C=O) groups excluding carboxylic acids is 4. The first kappa shape index (κ1) is 44.7. The standard InChI is InChI=1S/C44H44F6N6O5S/c1-42(2)40(60)55(31-10-8-30(23-51)35(22-31)43(45,46)47)41(62)56(42)32-11-12-36(34(21-32)28-6-7-28)61-17-16-53-14-15-54(37(25-53)44(48,49)50)24-33(57)20-27-5-3-4-26(18-27)19-29-9-13-38(58)52-39(29)59/h3-5,8,10-12,18,21-22,28-29,37H,6-7,9,13-17,19-20,24-25H2,1-2H3,(H,52,58,59)/t29?,37-/m0/s1. The number of nitriles is 1. The summed E-state index contributed by atoms with van der Waals surface area (Å²) in [4.78, 5) is 56.1. The molecule has 11 nitrogen and oxygen atoms in total. The topological polar surface area (TPSA) is 126 Å². The number of anilines is 2. The second-order valence-electron chi connectivity index (χ2n) is 16.7. The van der Waals surface area contributed by atoms with Crippen molar-refractivity contribution in [1.29, 1.82) is 5.26 Å². The van der Waals surface area contributed by atoms with E-state index in [9.17, 15) is 50.8 Å². The molecular weight excluding hydrogens is 839 g/mol. The van der Waals surface area contributed by atoms with E-state index in [1.807, 2.05) is 12.1 Å². The number of imide groups is 1. The molecular formula is C44H44F6N6O5S. The maximum absolute atomic E-state index is 14.4. The molecule has 3 aromatic rings. The smallest absolute Gasteiger partial charge is 0.417 e. The minimum atomic E-state index is -4.84. The van der Waals surface area contributed by atoms with Crippen LogP contribution in [0.15, 0.2) is 60.7 Å². The van der Waals surface area contributed by atoms with E-state index < -0.39 is 41.0 Å². The highest BCUT2D eigenvalue weighted by Gasteiger charge is 2.51. The number of ketones is 1. The van der Waals surface area contributed by atoms with Gasteiger partial charge in [0.25, 0.3) is 5.91 Å². The van der Waals surface area contributed by atoms with Crippen LogP contribution in [-0.4, -0.2) is 95.5 Å². The number of piperidine rings is 1. The van der Waals surface area contributed by atoms with E-state index in [1.54, 1.807) is 54.0 Å². The highest BCUT2D eigenvalue weighted by atomic mass is 32.1. The summed E-state index contributed by atoms with van der Waals surface area (Å²) in [6, 6.07) is 14.9. The normalized spacial score (nSPS) is 21.3. The van der Waals surface area contributed by atoms with Gasteiger partial charge in [0.1, 0.15) is 23.9 Å². The van der Waals surface area contributed by atoms with Crippen molar-refractivity contribution in [3.8, 4) is 11.8 Å². The van der Waals surface area contributed by atoms with Crippen molar-refractivity contribution in [1.82, 2.24) is 15.1 Å². The number of nitrogens with one attached hydrogen (secondary N) is 1. The van der Waals surface area contributed by atoms with Gasteiger partial charge in [0, 0.05) is 50.6 Å². The Morgan fingerprint density at radius 1 is 0.952 bits per heavy atom. The maximum atomic E-state index is 14.4. The number of piperazine rings is 1. The third-order valence-electron chi connectivity index (χ3n) is 11.8. The molecule has 3 heterocycles. The summed E-state index contributed by atoms with van der Waals surface area (Å²) in [5.41, 5.74) is -0.467. The molecule has 1 saturated carbocycles. The van der Waals surface area contributed by atoms with Gasteiger partial charge in [-0.15, -0.1) is 0 Å². The van der Waals surface area contributed by atoms with Crippen LogP contribution in [-0.2, 0) is 38.2 Å². The molecule has 2 atom stereocenters. The molecule has 62 heavy (non-hydrogen) atoms. The van der Waals surface area contributed by atoms with E-state index in [0.29, 0.717) is 29.8 Å². The van der Waals surface area contributed by atoms with Crippen molar-refractivity contribution in [2.45, 2.75) is 82.2 Å². The Labute approximate surface area is 359 Å². The van der Waals surface area contributed by atoms with Gasteiger partial charge in [-0.2, -0.15) is 31.6 Å². The van der Waals surface area contributed by atoms with E-state index in [1.165, 1.54) is 17.0 Å². The Kier molecular flexibility index (Phi) is 12.5. The number of thiocarbonyl (C=S) groups is 1. The highest BCUT2D eigenvalue weighted by molar-refractivity contribution is 7.81. The zero-order valence-electron chi connectivity index (χ0n) is 33.9. The Morgan fingerprint density at radius 3 is 2.35 bits per heavy atom. The number of nitrogens with zero attached hydrogens (tertiary/aromatic N) is 5. The van der Waals surface area contributed by atoms with Crippen LogP contribution in [0.4, 0.5) is 37.7 Å². The lowest BCUT2D eigenvalue weighted by atomic mass is 9.90. The van der Waals surface area contributed by atoms with Crippen LogP contribution in [0.25, 0.3) is 0 Å². The van der Waals surface area contributed by atoms with Gasteiger partial charge < -0.3 is 9.64 Å². The lowest BCUT2D eigenvalue weighted by Gasteiger charge is -2.41. The van der Waals surface area contributed by atoms with E-state index >= 15 is 0 Å². The third kappa shape index (κ3) is 9.64. The first-order chi connectivity index (χ1) is 29.2. The van der Waals surface area contributed by atoms with Gasteiger partial charge in [0.05, 0.1) is 29.4 Å². The minimum Gasteiger partial charge on any atom is -0.492 e. The number of rotatable bonds is 13. The van der Waals surface area contributed by atoms with Gasteiger partial charge in [0.2, 0.25) is 11.8 Å². The van der Waals surface area contributed by atoms with Crippen LogP contribution in [0.2, 0.25) is 0 Å². The molecule has 1 aliphatic carbocycles.